The van der Waals surface area contributed by atoms with E-state index in [2.05, 4.69) is 36.7 Å². The van der Waals surface area contributed by atoms with Gasteiger partial charge in [-0.1, -0.05) is 13.8 Å². The maximum atomic E-state index is 12.4. The van der Waals surface area contributed by atoms with E-state index in [-0.39, 0.29) is 30.1 Å². The molecule has 1 aromatic carbocycles. The fourth-order valence-electron chi connectivity index (χ4n) is 2.95. The number of anilines is 1. The summed E-state index contributed by atoms with van der Waals surface area (Å²) in [6, 6.07) is 5.80. The van der Waals surface area contributed by atoms with Gasteiger partial charge in [-0.25, -0.2) is 0 Å². The summed E-state index contributed by atoms with van der Waals surface area (Å²) in [5.74, 6) is 0.468. The molecule has 0 radical (unpaired) electrons. The first-order valence-corrected chi connectivity index (χ1v) is 8.80. The molecule has 2 amide bonds. The molecule has 6 heteroatoms. The molecule has 1 aromatic rings. The monoisotopic (exact) mass is 367 g/mol. The molecule has 1 aliphatic rings. The predicted molar refractivity (Wildman–Crippen MR) is 104 cm³/mol. The van der Waals surface area contributed by atoms with Crippen molar-refractivity contribution in [2.45, 2.75) is 46.6 Å². The van der Waals surface area contributed by atoms with Crippen molar-refractivity contribution in [1.29, 1.82) is 0 Å². The van der Waals surface area contributed by atoms with Crippen LogP contribution in [0.3, 0.4) is 0 Å². The van der Waals surface area contributed by atoms with Crippen molar-refractivity contribution in [3.05, 3.63) is 29.3 Å². The van der Waals surface area contributed by atoms with Crippen LogP contribution in [0, 0.1) is 18.8 Å². The molecule has 0 bridgehead atoms. The summed E-state index contributed by atoms with van der Waals surface area (Å²) < 4.78 is 0. The zero-order valence-corrected chi connectivity index (χ0v) is 16.3. The molecule has 0 aliphatic carbocycles. The van der Waals surface area contributed by atoms with E-state index in [0.717, 1.165) is 30.6 Å². The van der Waals surface area contributed by atoms with Crippen molar-refractivity contribution in [2.24, 2.45) is 11.8 Å². The number of hydrogen-bond donors (Lipinski definition) is 3. The van der Waals surface area contributed by atoms with Gasteiger partial charge in [0, 0.05) is 29.8 Å². The van der Waals surface area contributed by atoms with E-state index in [1.165, 1.54) is 0 Å². The van der Waals surface area contributed by atoms with Gasteiger partial charge in [0.1, 0.15) is 0 Å². The Hall–Kier alpha value is -1.59. The summed E-state index contributed by atoms with van der Waals surface area (Å²) in [5.41, 5.74) is 2.32. The number of benzene rings is 1. The minimum Gasteiger partial charge on any atom is -0.352 e. The Bertz CT molecular complexity index is 604. The lowest BCUT2D eigenvalue weighted by Gasteiger charge is -2.27. The Morgan fingerprint density at radius 1 is 1.32 bits per heavy atom. The first-order valence-electron chi connectivity index (χ1n) is 8.80. The lowest BCUT2D eigenvalue weighted by atomic mass is 9.92. The number of nitrogens with one attached hydrogen (secondary N) is 3. The highest BCUT2D eigenvalue weighted by atomic mass is 35.5. The van der Waals surface area contributed by atoms with Crippen molar-refractivity contribution < 1.29 is 9.59 Å². The van der Waals surface area contributed by atoms with E-state index in [1.54, 1.807) is 6.07 Å². The number of carbonyl (C=O) groups excluding carboxylic acids is 2. The Morgan fingerprint density at radius 3 is 2.64 bits per heavy atom. The van der Waals surface area contributed by atoms with E-state index in [9.17, 15) is 9.59 Å². The summed E-state index contributed by atoms with van der Waals surface area (Å²) in [6.45, 7) is 9.68. The summed E-state index contributed by atoms with van der Waals surface area (Å²) in [6.07, 6.45) is 1.73. The highest BCUT2D eigenvalue weighted by Crippen LogP contribution is 2.21. The van der Waals surface area contributed by atoms with Gasteiger partial charge in [0.2, 0.25) is 5.91 Å². The molecule has 1 fully saturated rings. The molecule has 140 valence electrons. The predicted octanol–water partition coefficient (Wildman–Crippen LogP) is 3.13. The Kier molecular flexibility index (Phi) is 8.39. The maximum Gasteiger partial charge on any atom is 0.251 e. The van der Waals surface area contributed by atoms with Crippen LogP contribution >= 0.6 is 12.4 Å². The molecule has 5 nitrogen and oxygen atoms in total. The number of amides is 2. The van der Waals surface area contributed by atoms with Crippen LogP contribution in [0.2, 0.25) is 0 Å². The van der Waals surface area contributed by atoms with Gasteiger partial charge in [0.05, 0.1) is 0 Å². The first kappa shape index (κ1) is 21.5. The van der Waals surface area contributed by atoms with Gasteiger partial charge in [-0.05, 0) is 62.9 Å². The quantitative estimate of drug-likeness (QED) is 0.748. The molecule has 0 spiro atoms. The fourth-order valence-corrected chi connectivity index (χ4v) is 2.95. The van der Waals surface area contributed by atoms with Gasteiger partial charge >= 0.3 is 0 Å². The van der Waals surface area contributed by atoms with Gasteiger partial charge < -0.3 is 16.0 Å². The number of halogens is 1. The molecule has 2 rings (SSSR count). The number of hydrogen-bond acceptors (Lipinski definition) is 3. The topological polar surface area (TPSA) is 70.2 Å². The van der Waals surface area contributed by atoms with Crippen molar-refractivity contribution in [3.8, 4) is 0 Å². The third-order valence-electron chi connectivity index (χ3n) is 4.41. The van der Waals surface area contributed by atoms with Crippen LogP contribution in [-0.4, -0.2) is 30.9 Å². The Labute approximate surface area is 156 Å². The second-order valence-corrected chi connectivity index (χ2v) is 7.20. The molecule has 25 heavy (non-hydrogen) atoms. The largest absolute Gasteiger partial charge is 0.352 e. The average molecular weight is 368 g/mol. The Balaban J connectivity index is 0.00000312. The minimum atomic E-state index is -0.0724. The summed E-state index contributed by atoms with van der Waals surface area (Å²) in [5, 5.41) is 9.28. The van der Waals surface area contributed by atoms with Gasteiger partial charge in [-0.2, -0.15) is 0 Å². The van der Waals surface area contributed by atoms with Crippen LogP contribution in [0.15, 0.2) is 18.2 Å². The molecule has 2 atom stereocenters. The number of aryl methyl sites for hydroxylation is 1. The van der Waals surface area contributed by atoms with Crippen molar-refractivity contribution in [3.63, 3.8) is 0 Å². The summed E-state index contributed by atoms with van der Waals surface area (Å²) in [7, 11) is 0. The molecular formula is C19H30ClN3O2. The van der Waals surface area contributed by atoms with Crippen molar-refractivity contribution >= 4 is 29.9 Å². The smallest absolute Gasteiger partial charge is 0.251 e. The van der Waals surface area contributed by atoms with Crippen LogP contribution in [0.25, 0.3) is 0 Å². The van der Waals surface area contributed by atoms with Gasteiger partial charge in [-0.15, -0.1) is 12.4 Å². The standard InChI is InChI=1S/C19H29N3O2.ClH/c1-12(2)11-21-18(23)15-5-6-17(13(3)9-15)22-19(24)16-7-8-20-14(4)10-16;/h5-6,9,12,14,16,20H,7-8,10-11H2,1-4H3,(H,21,23)(H,22,24);1H/t14-,16-;/m0./s1. The molecular weight excluding hydrogens is 338 g/mol. The molecule has 0 unspecified atom stereocenters. The normalized spacial score (nSPS) is 19.9. The highest BCUT2D eigenvalue weighted by molar-refractivity contribution is 5.97. The molecule has 1 heterocycles. The van der Waals surface area contributed by atoms with Crippen LogP contribution in [0.1, 0.15) is 49.5 Å². The van der Waals surface area contributed by atoms with E-state index in [4.69, 9.17) is 0 Å². The van der Waals surface area contributed by atoms with Gasteiger partial charge in [0.15, 0.2) is 0 Å². The molecule has 0 saturated carbocycles. The maximum absolute atomic E-state index is 12.4. The van der Waals surface area contributed by atoms with Crippen molar-refractivity contribution in [1.82, 2.24) is 10.6 Å². The van der Waals surface area contributed by atoms with E-state index in [1.807, 2.05) is 19.1 Å². The van der Waals surface area contributed by atoms with Crippen LogP contribution in [0.4, 0.5) is 5.69 Å². The third kappa shape index (κ3) is 6.33. The fraction of sp³-hybridized carbons (Fsp3) is 0.579. The van der Waals surface area contributed by atoms with Crippen LogP contribution in [0.5, 0.6) is 0 Å². The minimum absolute atomic E-state index is 0. The molecule has 0 aromatic heterocycles. The molecule has 3 N–H and O–H groups in total. The SMILES string of the molecule is Cc1cc(C(=O)NCC(C)C)ccc1NC(=O)[C@H]1CCN[C@@H](C)C1.Cl. The zero-order chi connectivity index (χ0) is 17.7. The Morgan fingerprint density at radius 2 is 2.04 bits per heavy atom. The number of piperidine rings is 1. The zero-order valence-electron chi connectivity index (χ0n) is 15.5. The number of carbonyl (C=O) groups is 2. The first-order chi connectivity index (χ1) is 11.4. The summed E-state index contributed by atoms with van der Waals surface area (Å²) in [4.78, 5) is 24.6. The highest BCUT2D eigenvalue weighted by Gasteiger charge is 2.25. The third-order valence-corrected chi connectivity index (χ3v) is 4.41. The average Bonchev–Trinajstić information content (AvgIpc) is 2.54. The molecule has 1 aliphatic heterocycles. The van der Waals surface area contributed by atoms with Crippen LogP contribution < -0.4 is 16.0 Å². The van der Waals surface area contributed by atoms with Crippen LogP contribution in [-0.2, 0) is 4.79 Å². The van der Waals surface area contributed by atoms with Gasteiger partial charge in [-0.3, -0.25) is 9.59 Å². The van der Waals surface area contributed by atoms with Gasteiger partial charge in [0.25, 0.3) is 5.91 Å². The van der Waals surface area contributed by atoms with Crippen molar-refractivity contribution in [2.75, 3.05) is 18.4 Å². The summed E-state index contributed by atoms with van der Waals surface area (Å²) >= 11 is 0. The lowest BCUT2D eigenvalue weighted by molar-refractivity contribution is -0.120. The van der Waals surface area contributed by atoms with E-state index in [0.29, 0.717) is 24.1 Å². The lowest BCUT2D eigenvalue weighted by Crippen LogP contribution is -2.40. The second kappa shape index (κ2) is 9.78. The van der Waals surface area contributed by atoms with E-state index < -0.39 is 0 Å². The second-order valence-electron chi connectivity index (χ2n) is 7.20. The molecule has 1 saturated heterocycles. The number of rotatable bonds is 5. The van der Waals surface area contributed by atoms with E-state index >= 15 is 0 Å².